The summed E-state index contributed by atoms with van der Waals surface area (Å²) in [5.41, 5.74) is 3.22. The molecule has 0 aromatic heterocycles. The number of piperazine rings is 1. The Labute approximate surface area is 152 Å². The van der Waals surface area contributed by atoms with E-state index in [0.717, 1.165) is 29.9 Å². The molecular formula is C20H21FN4O. The molecule has 0 spiro atoms. The summed E-state index contributed by atoms with van der Waals surface area (Å²) in [5.74, 6) is -0.697. The van der Waals surface area contributed by atoms with Crippen molar-refractivity contribution in [1.82, 2.24) is 10.2 Å². The molecule has 0 radical (unpaired) electrons. The Bertz CT molecular complexity index is 845. The van der Waals surface area contributed by atoms with Crippen LogP contribution < -0.4 is 10.2 Å². The molecule has 26 heavy (non-hydrogen) atoms. The maximum absolute atomic E-state index is 14.3. The highest BCUT2D eigenvalue weighted by Gasteiger charge is 2.22. The van der Waals surface area contributed by atoms with Crippen molar-refractivity contribution in [3.63, 3.8) is 0 Å². The van der Waals surface area contributed by atoms with Gasteiger partial charge in [0.1, 0.15) is 12.5 Å². The van der Waals surface area contributed by atoms with Gasteiger partial charge in [-0.2, -0.15) is 0 Å². The number of aliphatic imine (C=N–C) groups is 1. The number of amides is 1. The van der Waals surface area contributed by atoms with Crippen molar-refractivity contribution in [2.45, 2.75) is 6.54 Å². The molecular weight excluding hydrogens is 331 g/mol. The first-order chi connectivity index (χ1) is 12.7. The van der Waals surface area contributed by atoms with Gasteiger partial charge < -0.3 is 15.1 Å². The summed E-state index contributed by atoms with van der Waals surface area (Å²) in [6, 6.07) is 12.9. The van der Waals surface area contributed by atoms with Gasteiger partial charge in [0.25, 0.3) is 5.91 Å². The molecule has 5 nitrogen and oxygen atoms in total. The summed E-state index contributed by atoms with van der Waals surface area (Å²) in [4.78, 5) is 20.9. The largest absolute Gasteiger partial charge is 0.347 e. The van der Waals surface area contributed by atoms with Crippen LogP contribution in [-0.4, -0.2) is 49.9 Å². The lowest BCUT2D eigenvalue weighted by molar-refractivity contribution is 0.0731. The maximum atomic E-state index is 14.3. The molecule has 1 N–H and O–H groups in total. The lowest BCUT2D eigenvalue weighted by Gasteiger charge is -2.29. The van der Waals surface area contributed by atoms with Crippen LogP contribution in [0.4, 0.5) is 10.1 Å². The lowest BCUT2D eigenvalue weighted by Crippen LogP contribution is -2.46. The summed E-state index contributed by atoms with van der Waals surface area (Å²) in [5, 5.41) is 3.20. The highest BCUT2D eigenvalue weighted by atomic mass is 19.1. The van der Waals surface area contributed by atoms with Crippen molar-refractivity contribution in [1.29, 1.82) is 0 Å². The monoisotopic (exact) mass is 352 g/mol. The molecule has 2 aromatic carbocycles. The van der Waals surface area contributed by atoms with E-state index in [1.807, 2.05) is 24.4 Å². The second kappa shape index (κ2) is 7.25. The Kier molecular flexibility index (Phi) is 4.67. The maximum Gasteiger partial charge on any atom is 0.256 e. The SMILES string of the molecule is O=C(c1cc(CN2CN=Cc3ccccc32)ccc1F)N1CCNCC1. The van der Waals surface area contributed by atoms with Gasteiger partial charge in [-0.1, -0.05) is 24.3 Å². The Morgan fingerprint density at radius 1 is 1.15 bits per heavy atom. The predicted octanol–water partition coefficient (Wildman–Crippen LogP) is 2.27. The van der Waals surface area contributed by atoms with Crippen molar-refractivity contribution in [2.75, 3.05) is 37.7 Å². The predicted molar refractivity (Wildman–Crippen MR) is 100 cm³/mol. The molecule has 1 amide bonds. The van der Waals surface area contributed by atoms with Gasteiger partial charge in [-0.05, 0) is 23.8 Å². The number of nitrogens with zero attached hydrogens (tertiary/aromatic N) is 3. The zero-order chi connectivity index (χ0) is 17.9. The third kappa shape index (κ3) is 3.32. The average Bonchev–Trinajstić information content (AvgIpc) is 2.70. The van der Waals surface area contributed by atoms with Crippen LogP contribution in [0.5, 0.6) is 0 Å². The number of nitrogens with one attached hydrogen (secondary N) is 1. The first-order valence-corrected chi connectivity index (χ1v) is 8.84. The van der Waals surface area contributed by atoms with Crippen LogP contribution in [0.2, 0.25) is 0 Å². The number of carbonyl (C=O) groups is 1. The van der Waals surface area contributed by atoms with Crippen molar-refractivity contribution in [2.24, 2.45) is 4.99 Å². The van der Waals surface area contributed by atoms with Crippen LogP contribution in [0.25, 0.3) is 0 Å². The Morgan fingerprint density at radius 2 is 1.96 bits per heavy atom. The molecule has 0 aliphatic carbocycles. The number of fused-ring (bicyclic) bond motifs is 1. The first kappa shape index (κ1) is 16.7. The van der Waals surface area contributed by atoms with Crippen LogP contribution in [0, 0.1) is 5.82 Å². The summed E-state index contributed by atoms with van der Waals surface area (Å²) in [7, 11) is 0. The van der Waals surface area contributed by atoms with Gasteiger partial charge in [0.05, 0.1) is 5.56 Å². The van der Waals surface area contributed by atoms with E-state index in [1.165, 1.54) is 6.07 Å². The molecule has 0 saturated carbocycles. The van der Waals surface area contributed by atoms with E-state index in [-0.39, 0.29) is 11.5 Å². The van der Waals surface area contributed by atoms with E-state index < -0.39 is 5.82 Å². The second-order valence-corrected chi connectivity index (χ2v) is 6.57. The van der Waals surface area contributed by atoms with Gasteiger partial charge in [0, 0.05) is 50.2 Å². The van der Waals surface area contributed by atoms with E-state index in [2.05, 4.69) is 21.3 Å². The minimum absolute atomic E-state index is 0.151. The standard InChI is InChI=1S/C20H21FN4O/c21-18-6-5-15(11-17(18)20(26)24-9-7-22-8-10-24)13-25-14-23-12-16-3-1-2-4-19(16)25/h1-6,11-12,22H,7-10,13-14H2. The van der Waals surface area contributed by atoms with Gasteiger partial charge in [-0.3, -0.25) is 9.79 Å². The molecule has 2 aliphatic rings. The van der Waals surface area contributed by atoms with E-state index in [9.17, 15) is 9.18 Å². The zero-order valence-electron chi connectivity index (χ0n) is 14.5. The molecule has 2 heterocycles. The molecule has 0 unspecified atom stereocenters. The normalized spacial score (nSPS) is 16.5. The third-order valence-corrected chi connectivity index (χ3v) is 4.80. The highest BCUT2D eigenvalue weighted by molar-refractivity contribution is 5.95. The first-order valence-electron chi connectivity index (χ1n) is 8.84. The Morgan fingerprint density at radius 3 is 2.81 bits per heavy atom. The quantitative estimate of drug-likeness (QED) is 0.922. The van der Waals surface area contributed by atoms with Gasteiger partial charge in [0.2, 0.25) is 0 Å². The smallest absolute Gasteiger partial charge is 0.256 e. The third-order valence-electron chi connectivity index (χ3n) is 4.80. The number of benzene rings is 2. The van der Waals surface area contributed by atoms with E-state index >= 15 is 0 Å². The van der Waals surface area contributed by atoms with Crippen molar-refractivity contribution < 1.29 is 9.18 Å². The van der Waals surface area contributed by atoms with Crippen molar-refractivity contribution in [3.05, 3.63) is 65.0 Å². The molecule has 134 valence electrons. The number of para-hydroxylation sites is 1. The van der Waals surface area contributed by atoms with Gasteiger partial charge in [0.15, 0.2) is 0 Å². The molecule has 6 heteroatoms. The van der Waals surface area contributed by atoms with Gasteiger partial charge in [-0.15, -0.1) is 0 Å². The molecule has 2 aliphatic heterocycles. The van der Waals surface area contributed by atoms with Gasteiger partial charge in [-0.25, -0.2) is 4.39 Å². The van der Waals surface area contributed by atoms with Crippen LogP contribution in [0.15, 0.2) is 47.5 Å². The molecule has 2 aromatic rings. The molecule has 1 fully saturated rings. The number of halogens is 1. The van der Waals surface area contributed by atoms with Crippen LogP contribution in [0.3, 0.4) is 0 Å². The van der Waals surface area contributed by atoms with Crippen LogP contribution in [-0.2, 0) is 6.54 Å². The molecule has 0 bridgehead atoms. The number of anilines is 1. The van der Waals surface area contributed by atoms with Crippen molar-refractivity contribution in [3.8, 4) is 0 Å². The van der Waals surface area contributed by atoms with Crippen LogP contribution >= 0.6 is 0 Å². The molecule has 0 atom stereocenters. The van der Waals surface area contributed by atoms with E-state index in [1.54, 1.807) is 17.0 Å². The summed E-state index contributed by atoms with van der Waals surface area (Å²) >= 11 is 0. The summed E-state index contributed by atoms with van der Waals surface area (Å²) in [6.07, 6.45) is 1.87. The fraction of sp³-hybridized carbons (Fsp3) is 0.300. The fourth-order valence-electron chi connectivity index (χ4n) is 3.43. The summed E-state index contributed by atoms with van der Waals surface area (Å²) in [6.45, 7) is 3.84. The highest BCUT2D eigenvalue weighted by Crippen LogP contribution is 2.24. The number of hydrogen-bond donors (Lipinski definition) is 1. The Balaban J connectivity index is 1.57. The van der Waals surface area contributed by atoms with Gasteiger partial charge >= 0.3 is 0 Å². The number of hydrogen-bond acceptors (Lipinski definition) is 4. The second-order valence-electron chi connectivity index (χ2n) is 6.57. The minimum Gasteiger partial charge on any atom is -0.347 e. The van der Waals surface area contributed by atoms with E-state index in [0.29, 0.717) is 26.3 Å². The zero-order valence-corrected chi connectivity index (χ0v) is 14.5. The fourth-order valence-corrected chi connectivity index (χ4v) is 3.43. The van der Waals surface area contributed by atoms with Crippen molar-refractivity contribution >= 4 is 17.8 Å². The topological polar surface area (TPSA) is 47.9 Å². The molecule has 1 saturated heterocycles. The van der Waals surface area contributed by atoms with Crippen LogP contribution in [0.1, 0.15) is 21.5 Å². The Hall–Kier alpha value is -2.73. The number of rotatable bonds is 3. The summed E-state index contributed by atoms with van der Waals surface area (Å²) < 4.78 is 14.3. The molecule has 4 rings (SSSR count). The number of carbonyl (C=O) groups excluding carboxylic acids is 1. The van der Waals surface area contributed by atoms with E-state index in [4.69, 9.17) is 0 Å². The average molecular weight is 352 g/mol. The lowest BCUT2D eigenvalue weighted by atomic mass is 10.1. The minimum atomic E-state index is -0.464.